The predicted molar refractivity (Wildman–Crippen MR) is 142 cm³/mol. The summed E-state index contributed by atoms with van der Waals surface area (Å²) in [4.78, 5) is 19.6. The summed E-state index contributed by atoms with van der Waals surface area (Å²) in [5.41, 5.74) is 1.97. The molecule has 35 heavy (non-hydrogen) atoms. The normalized spacial score (nSPS) is 14.1. The molecule has 0 radical (unpaired) electrons. The molecule has 0 spiro atoms. The molecule has 0 unspecified atom stereocenters. The topological polar surface area (TPSA) is 79.4 Å². The lowest BCUT2D eigenvalue weighted by Crippen LogP contribution is -2.39. The van der Waals surface area contributed by atoms with Gasteiger partial charge in [-0.2, -0.15) is 4.37 Å². The van der Waals surface area contributed by atoms with Crippen LogP contribution in [0.1, 0.15) is 24.2 Å². The molecule has 5 rings (SSSR count). The van der Waals surface area contributed by atoms with E-state index in [0.29, 0.717) is 18.9 Å². The fourth-order valence-electron chi connectivity index (χ4n) is 4.48. The summed E-state index contributed by atoms with van der Waals surface area (Å²) in [5.74, 6) is 2.14. The van der Waals surface area contributed by atoms with Gasteiger partial charge in [0, 0.05) is 43.0 Å². The van der Waals surface area contributed by atoms with Gasteiger partial charge in [0.05, 0.1) is 12.8 Å². The van der Waals surface area contributed by atoms with Crippen molar-refractivity contribution in [1.29, 1.82) is 0 Å². The van der Waals surface area contributed by atoms with Crippen molar-refractivity contribution in [3.63, 3.8) is 0 Å². The first-order valence-corrected chi connectivity index (χ1v) is 12.7. The van der Waals surface area contributed by atoms with Gasteiger partial charge < -0.3 is 20.3 Å². The summed E-state index contributed by atoms with van der Waals surface area (Å²) < 4.78 is 9.87. The number of piperidine rings is 1. The van der Waals surface area contributed by atoms with E-state index in [1.807, 2.05) is 60.7 Å². The van der Waals surface area contributed by atoms with Crippen LogP contribution in [-0.2, 0) is 6.42 Å². The maximum Gasteiger partial charge on any atom is 0.319 e. The van der Waals surface area contributed by atoms with E-state index < -0.39 is 0 Å². The highest BCUT2D eigenvalue weighted by Crippen LogP contribution is 2.26. The molecule has 3 aromatic carbocycles. The zero-order valence-corrected chi connectivity index (χ0v) is 20.6. The molecule has 1 aliphatic heterocycles. The Morgan fingerprint density at radius 1 is 1.09 bits per heavy atom. The van der Waals surface area contributed by atoms with Crippen LogP contribution in [0.5, 0.6) is 5.75 Å². The van der Waals surface area contributed by atoms with E-state index in [1.54, 1.807) is 7.11 Å². The third kappa shape index (κ3) is 5.71. The molecule has 2 N–H and O–H groups in total. The van der Waals surface area contributed by atoms with Gasteiger partial charge in [0.25, 0.3) is 0 Å². The number of methoxy groups -OCH3 is 1. The Morgan fingerprint density at radius 2 is 1.89 bits per heavy atom. The number of carbonyl (C=O) groups is 1. The number of hydrogen-bond acceptors (Lipinski definition) is 6. The van der Waals surface area contributed by atoms with Crippen LogP contribution in [-0.4, -0.2) is 42.1 Å². The summed E-state index contributed by atoms with van der Waals surface area (Å²) in [6.45, 7) is 2.51. The van der Waals surface area contributed by atoms with Crippen LogP contribution >= 0.6 is 11.5 Å². The lowest BCUT2D eigenvalue weighted by molar-refractivity contribution is 0.248. The number of hydrogen-bond donors (Lipinski definition) is 2. The number of ether oxygens (including phenoxy) is 1. The minimum absolute atomic E-state index is 0.157. The van der Waals surface area contributed by atoms with Crippen LogP contribution in [0.25, 0.3) is 10.8 Å². The molecule has 1 aliphatic rings. The average Bonchev–Trinajstić information content (AvgIpc) is 3.36. The standard InChI is InChI=1S/C27H29N5O2S/c1-34-22-9-4-6-20(16-22)17-25-30-27(35-31-25)32-14-12-19(13-15-32)18-28-26(33)29-24-11-5-8-21-7-2-3-10-23(21)24/h2-11,16,19H,12-15,17-18H2,1H3,(H2,28,29,33). The SMILES string of the molecule is COc1cccc(Cc2nsc(N3CCC(CNC(=O)Nc4cccc5ccccc45)CC3)n2)c1. The van der Waals surface area contributed by atoms with Gasteiger partial charge >= 0.3 is 6.03 Å². The van der Waals surface area contributed by atoms with Crippen molar-refractivity contribution < 1.29 is 9.53 Å². The van der Waals surface area contributed by atoms with E-state index in [9.17, 15) is 4.79 Å². The van der Waals surface area contributed by atoms with Crippen LogP contribution in [0.4, 0.5) is 15.6 Å². The molecule has 7 nitrogen and oxygen atoms in total. The smallest absolute Gasteiger partial charge is 0.319 e. The highest BCUT2D eigenvalue weighted by Gasteiger charge is 2.22. The second-order valence-electron chi connectivity index (χ2n) is 8.81. The largest absolute Gasteiger partial charge is 0.497 e. The monoisotopic (exact) mass is 487 g/mol. The zero-order valence-electron chi connectivity index (χ0n) is 19.7. The van der Waals surface area contributed by atoms with E-state index in [2.05, 4.69) is 26.0 Å². The van der Waals surface area contributed by atoms with Gasteiger partial charge in [-0.15, -0.1) is 0 Å². The molecule has 8 heteroatoms. The fraction of sp³-hybridized carbons (Fsp3) is 0.296. The van der Waals surface area contributed by atoms with Gasteiger partial charge in [-0.3, -0.25) is 0 Å². The van der Waals surface area contributed by atoms with Crippen molar-refractivity contribution in [2.75, 3.05) is 37.0 Å². The first-order chi connectivity index (χ1) is 17.2. The van der Waals surface area contributed by atoms with Gasteiger partial charge in [0.1, 0.15) is 11.6 Å². The van der Waals surface area contributed by atoms with Crippen molar-refractivity contribution >= 4 is 39.2 Å². The predicted octanol–water partition coefficient (Wildman–Crippen LogP) is 5.33. The Labute approximate surface area is 209 Å². The maximum absolute atomic E-state index is 12.5. The summed E-state index contributed by atoms with van der Waals surface area (Å²) in [6, 6.07) is 21.9. The summed E-state index contributed by atoms with van der Waals surface area (Å²) in [7, 11) is 1.68. The Balaban J connectivity index is 1.09. The summed E-state index contributed by atoms with van der Waals surface area (Å²) in [6.07, 6.45) is 2.72. The third-order valence-corrected chi connectivity index (χ3v) is 7.24. The lowest BCUT2D eigenvalue weighted by Gasteiger charge is -2.31. The van der Waals surface area contributed by atoms with Gasteiger partial charge in [-0.25, -0.2) is 9.78 Å². The third-order valence-electron chi connectivity index (χ3n) is 6.43. The molecular weight excluding hydrogens is 458 g/mol. The van der Waals surface area contributed by atoms with Crippen LogP contribution in [0.15, 0.2) is 66.7 Å². The highest BCUT2D eigenvalue weighted by molar-refractivity contribution is 7.09. The van der Waals surface area contributed by atoms with Gasteiger partial charge in [-0.05, 0) is 47.9 Å². The Morgan fingerprint density at radius 3 is 2.74 bits per heavy atom. The van der Waals surface area contributed by atoms with Crippen molar-refractivity contribution in [3.05, 3.63) is 78.1 Å². The molecular formula is C27H29N5O2S. The Bertz CT molecular complexity index is 1290. The van der Waals surface area contributed by atoms with E-state index >= 15 is 0 Å². The first kappa shape index (κ1) is 23.1. The van der Waals surface area contributed by atoms with E-state index in [4.69, 9.17) is 9.72 Å². The number of benzene rings is 3. The van der Waals surface area contributed by atoms with E-state index in [-0.39, 0.29) is 6.03 Å². The Hall–Kier alpha value is -3.65. The van der Waals surface area contributed by atoms with E-state index in [0.717, 1.165) is 64.7 Å². The minimum Gasteiger partial charge on any atom is -0.497 e. The summed E-state index contributed by atoms with van der Waals surface area (Å²) >= 11 is 1.46. The van der Waals surface area contributed by atoms with Gasteiger partial charge in [-0.1, -0.05) is 48.5 Å². The molecule has 0 aliphatic carbocycles. The highest BCUT2D eigenvalue weighted by atomic mass is 32.1. The number of nitrogens with one attached hydrogen (secondary N) is 2. The van der Waals surface area contributed by atoms with Crippen LogP contribution < -0.4 is 20.3 Å². The number of carbonyl (C=O) groups excluding carboxylic acids is 1. The Kier molecular flexibility index (Phi) is 7.09. The van der Waals surface area contributed by atoms with Crippen LogP contribution in [0.2, 0.25) is 0 Å². The van der Waals surface area contributed by atoms with Crippen molar-refractivity contribution in [3.8, 4) is 5.75 Å². The lowest BCUT2D eigenvalue weighted by atomic mass is 9.97. The van der Waals surface area contributed by atoms with Crippen LogP contribution in [0, 0.1) is 5.92 Å². The molecule has 0 bridgehead atoms. The zero-order chi connectivity index (χ0) is 24.0. The molecule has 2 heterocycles. The van der Waals surface area contributed by atoms with Gasteiger partial charge in [0.2, 0.25) is 5.13 Å². The number of anilines is 2. The maximum atomic E-state index is 12.5. The molecule has 1 fully saturated rings. The minimum atomic E-state index is -0.157. The molecule has 180 valence electrons. The quantitative estimate of drug-likeness (QED) is 0.368. The fourth-order valence-corrected chi connectivity index (χ4v) is 5.21. The average molecular weight is 488 g/mol. The van der Waals surface area contributed by atoms with Crippen molar-refractivity contribution in [2.45, 2.75) is 19.3 Å². The molecule has 2 amide bonds. The molecule has 0 saturated carbocycles. The molecule has 4 aromatic rings. The number of fused-ring (bicyclic) bond motifs is 1. The van der Waals surface area contributed by atoms with E-state index in [1.165, 1.54) is 11.5 Å². The molecule has 0 atom stereocenters. The number of rotatable bonds is 7. The summed E-state index contributed by atoms with van der Waals surface area (Å²) in [5, 5.41) is 9.19. The number of urea groups is 1. The molecule has 1 aromatic heterocycles. The number of nitrogens with zero attached hydrogens (tertiary/aromatic N) is 3. The van der Waals surface area contributed by atoms with Gasteiger partial charge in [0.15, 0.2) is 0 Å². The first-order valence-electron chi connectivity index (χ1n) is 11.9. The second kappa shape index (κ2) is 10.7. The molecule has 1 saturated heterocycles. The second-order valence-corrected chi connectivity index (χ2v) is 9.54. The number of amides is 2. The van der Waals surface area contributed by atoms with Crippen LogP contribution in [0.3, 0.4) is 0 Å². The number of aromatic nitrogens is 2. The van der Waals surface area contributed by atoms with Crippen molar-refractivity contribution in [1.82, 2.24) is 14.7 Å². The van der Waals surface area contributed by atoms with Crippen molar-refractivity contribution in [2.24, 2.45) is 5.92 Å².